The van der Waals surface area contributed by atoms with Crippen LogP contribution in [0.25, 0.3) is 21.5 Å². The first-order valence-corrected chi connectivity index (χ1v) is 18.0. The van der Waals surface area contributed by atoms with E-state index in [-0.39, 0.29) is 41.7 Å². The summed E-state index contributed by atoms with van der Waals surface area (Å²) in [4.78, 5) is 51.7. The number of anilines is 2. The zero-order chi connectivity index (χ0) is 32.9. The highest BCUT2D eigenvalue weighted by Crippen LogP contribution is 2.45. The van der Waals surface area contributed by atoms with Crippen LogP contribution < -0.4 is 16.3 Å². The monoisotopic (exact) mass is 722 g/mol. The SMILES string of the molecule is C[C@@H]1C(CO)[C@@H](CO[P+](=O)OC2C(COP(O)(O)=S)O[C@@H](n3cnc4c(N)ncnc43)[C@@H]2F)O[C@H]1n1c(=O)sc2c(N)ncnc21. The predicted molar refractivity (Wildman–Crippen MR) is 161 cm³/mol. The maximum atomic E-state index is 15.9. The van der Waals surface area contributed by atoms with E-state index in [1.807, 2.05) is 0 Å². The van der Waals surface area contributed by atoms with Crippen LogP contribution >= 0.6 is 26.3 Å². The molecule has 4 aromatic rings. The quantitative estimate of drug-likeness (QED) is 0.132. The molecule has 24 heteroatoms. The summed E-state index contributed by atoms with van der Waals surface area (Å²) < 4.78 is 59.5. The molecule has 4 aromatic heterocycles. The summed E-state index contributed by atoms with van der Waals surface area (Å²) in [7, 11) is -3.06. The molecule has 46 heavy (non-hydrogen) atoms. The molecule has 0 aliphatic carbocycles. The first-order chi connectivity index (χ1) is 21.9. The molecule has 6 rings (SSSR count). The van der Waals surface area contributed by atoms with Crippen molar-refractivity contribution in [1.82, 2.24) is 34.1 Å². The van der Waals surface area contributed by atoms with Crippen LogP contribution in [0.4, 0.5) is 16.0 Å². The van der Waals surface area contributed by atoms with E-state index in [2.05, 4.69) is 36.7 Å². The number of hydrogen-bond donors (Lipinski definition) is 5. The fourth-order valence-electron chi connectivity index (χ4n) is 5.46. The Kier molecular flexibility index (Phi) is 9.42. The molecule has 0 saturated carbocycles. The molecule has 0 spiro atoms. The van der Waals surface area contributed by atoms with Crippen LogP contribution in [0.15, 0.2) is 23.8 Å². The van der Waals surface area contributed by atoms with Crippen molar-refractivity contribution in [2.45, 2.75) is 43.9 Å². The largest absolute Gasteiger partial charge is 0.697 e. The van der Waals surface area contributed by atoms with Crippen LogP contribution in [0.3, 0.4) is 0 Å². The third kappa shape index (κ3) is 6.28. The van der Waals surface area contributed by atoms with Crippen LogP contribution in [-0.2, 0) is 39.4 Å². The molecule has 6 heterocycles. The van der Waals surface area contributed by atoms with Crippen molar-refractivity contribution in [1.29, 1.82) is 0 Å². The fourth-order valence-corrected chi connectivity index (χ4v) is 7.63. The van der Waals surface area contributed by atoms with Gasteiger partial charge in [-0.2, -0.15) is 0 Å². The third-order valence-electron chi connectivity index (χ3n) is 7.70. The zero-order valence-electron chi connectivity index (χ0n) is 23.5. The number of fused-ring (bicyclic) bond motifs is 2. The summed E-state index contributed by atoms with van der Waals surface area (Å²) >= 11 is 5.34. The Labute approximate surface area is 267 Å². The number of aliphatic hydroxyl groups excluding tert-OH is 1. The van der Waals surface area contributed by atoms with E-state index in [0.717, 1.165) is 17.7 Å². The molecule has 0 radical (unpaired) electrons. The minimum Gasteiger partial charge on any atom is -0.396 e. The summed E-state index contributed by atoms with van der Waals surface area (Å²) in [5.41, 5.74) is 12.3. The van der Waals surface area contributed by atoms with E-state index in [1.54, 1.807) is 6.92 Å². The molecule has 0 bridgehead atoms. The Morgan fingerprint density at radius 3 is 2.50 bits per heavy atom. The van der Waals surface area contributed by atoms with Gasteiger partial charge in [-0.05, 0) is 11.8 Å². The van der Waals surface area contributed by atoms with E-state index in [1.165, 1.54) is 21.8 Å². The normalized spacial score (nSPS) is 28.8. The highest BCUT2D eigenvalue weighted by atomic mass is 32.5. The first-order valence-electron chi connectivity index (χ1n) is 13.4. The van der Waals surface area contributed by atoms with Gasteiger partial charge < -0.3 is 40.4 Å². The van der Waals surface area contributed by atoms with Crippen molar-refractivity contribution >= 4 is 71.3 Å². The zero-order valence-corrected chi connectivity index (χ0v) is 27.0. The minimum atomic E-state index is -4.18. The lowest BCUT2D eigenvalue weighted by atomic mass is 9.92. The van der Waals surface area contributed by atoms with Gasteiger partial charge in [-0.1, -0.05) is 18.3 Å². The Morgan fingerprint density at radius 2 is 1.78 bits per heavy atom. The Balaban J connectivity index is 1.17. The lowest BCUT2D eigenvalue weighted by molar-refractivity contribution is -0.0447. The molecule has 2 aliphatic heterocycles. The van der Waals surface area contributed by atoms with Crippen molar-refractivity contribution in [2.24, 2.45) is 11.8 Å². The standard InChI is InChI=1S/C22H26FN9O10P2S2/c1-8-9(2-33)10(40-20(8)32-19-15(46-22(32)34)17(25)27-6-29-19)3-38-43(35)42-14-11(4-39-44(36,37)45)41-21(12(14)23)31-7-30-13-16(24)26-5-28-18(13)31/h5-12,14,20-21,33H,2-4H2,1H3,(H5-,24,25,26,27,28,29,36,37,45)/p+1/t8-,9?,10-,11?,12-,14?,20-,21-/m1/s1. The molecule has 9 atom stereocenters. The second-order valence-corrected chi connectivity index (χ2v) is 14.9. The first kappa shape index (κ1) is 33.2. The van der Waals surface area contributed by atoms with Crippen molar-refractivity contribution < 1.29 is 46.9 Å². The lowest BCUT2D eigenvalue weighted by Crippen LogP contribution is -2.33. The summed E-state index contributed by atoms with van der Waals surface area (Å²) in [5.74, 6) is -0.810. The van der Waals surface area contributed by atoms with Crippen molar-refractivity contribution in [3.63, 3.8) is 0 Å². The summed E-state index contributed by atoms with van der Waals surface area (Å²) in [5, 5.41) is 10.1. The van der Waals surface area contributed by atoms with E-state index in [9.17, 15) is 24.3 Å². The Bertz CT molecular complexity index is 1880. The summed E-state index contributed by atoms with van der Waals surface area (Å²) in [6.07, 6.45) is -4.56. The van der Waals surface area contributed by atoms with Gasteiger partial charge in [0.1, 0.15) is 47.6 Å². The number of nitrogens with zero attached hydrogens (tertiary/aromatic N) is 7. The van der Waals surface area contributed by atoms with Gasteiger partial charge >= 0.3 is 19.8 Å². The average Bonchev–Trinajstić information content (AvgIpc) is 3.74. The molecule has 248 valence electrons. The van der Waals surface area contributed by atoms with Gasteiger partial charge in [0, 0.05) is 23.0 Å². The van der Waals surface area contributed by atoms with E-state index in [4.69, 9.17) is 34.5 Å². The Morgan fingerprint density at radius 1 is 1.09 bits per heavy atom. The van der Waals surface area contributed by atoms with Crippen LogP contribution in [0.5, 0.6) is 0 Å². The number of imidazole rings is 1. The van der Waals surface area contributed by atoms with E-state index >= 15 is 4.39 Å². The average molecular weight is 723 g/mol. The number of alkyl halides is 1. The number of ether oxygens (including phenoxy) is 2. The number of hydrogen-bond acceptors (Lipinski definition) is 17. The number of nitrogens with two attached hydrogens (primary N) is 2. The van der Waals surface area contributed by atoms with Gasteiger partial charge in [0.05, 0.1) is 19.0 Å². The second-order valence-electron chi connectivity index (χ2n) is 10.4. The third-order valence-corrected chi connectivity index (χ3v) is 10.2. The molecule has 2 fully saturated rings. The van der Waals surface area contributed by atoms with Crippen molar-refractivity contribution in [3.8, 4) is 0 Å². The van der Waals surface area contributed by atoms with Crippen LogP contribution in [0, 0.1) is 11.8 Å². The van der Waals surface area contributed by atoms with Crippen LogP contribution in [0.1, 0.15) is 19.4 Å². The number of rotatable bonds is 11. The summed E-state index contributed by atoms with van der Waals surface area (Å²) in [6.45, 7) is -3.78. The second kappa shape index (κ2) is 13.1. The summed E-state index contributed by atoms with van der Waals surface area (Å²) in [6, 6.07) is 0. The van der Waals surface area contributed by atoms with Gasteiger partial charge in [0.15, 0.2) is 35.6 Å². The van der Waals surface area contributed by atoms with Crippen molar-refractivity contribution in [2.75, 3.05) is 31.3 Å². The maximum Gasteiger partial charge on any atom is 0.697 e. The van der Waals surface area contributed by atoms with Gasteiger partial charge in [-0.15, -0.1) is 9.05 Å². The smallest absolute Gasteiger partial charge is 0.396 e. The van der Waals surface area contributed by atoms with E-state index in [0.29, 0.717) is 4.70 Å². The maximum absolute atomic E-state index is 15.9. The van der Waals surface area contributed by atoms with E-state index < -0.39 is 75.2 Å². The van der Waals surface area contributed by atoms with Crippen LogP contribution in [-0.4, -0.2) is 93.3 Å². The number of aromatic nitrogens is 7. The Hall–Kier alpha value is -2.72. The number of nitrogen functional groups attached to an aromatic ring is 2. The topological polar surface area (TPSA) is 267 Å². The molecule has 7 N–H and O–H groups in total. The highest BCUT2D eigenvalue weighted by molar-refractivity contribution is 8.06. The van der Waals surface area contributed by atoms with Gasteiger partial charge in [-0.25, -0.2) is 29.3 Å². The molecule has 2 aliphatic rings. The molecule has 4 unspecified atom stereocenters. The number of aliphatic hydroxyl groups is 1. The molecule has 0 aromatic carbocycles. The van der Waals surface area contributed by atoms with Crippen molar-refractivity contribution in [3.05, 3.63) is 28.6 Å². The molecule has 2 saturated heterocycles. The lowest BCUT2D eigenvalue weighted by Gasteiger charge is -2.18. The van der Waals surface area contributed by atoms with Gasteiger partial charge in [-0.3, -0.25) is 13.9 Å². The highest BCUT2D eigenvalue weighted by Gasteiger charge is 2.53. The molecular weight excluding hydrogens is 695 g/mol. The molecular formula is C22H27FN9O10P2S2+. The van der Waals surface area contributed by atoms with Crippen LogP contribution in [0.2, 0.25) is 0 Å². The molecule has 19 nitrogen and oxygen atoms in total. The minimum absolute atomic E-state index is 0.0453. The van der Waals surface area contributed by atoms with Gasteiger partial charge in [0.25, 0.3) is 0 Å². The predicted octanol–water partition coefficient (Wildman–Crippen LogP) is 0.520. The molecule has 0 amide bonds. The number of thiazole rings is 1. The number of halogens is 1. The van der Waals surface area contributed by atoms with Gasteiger partial charge in [0.2, 0.25) is 0 Å². The fraction of sp³-hybridized carbons (Fsp3) is 0.545.